The van der Waals surface area contributed by atoms with Crippen LogP contribution in [0.1, 0.15) is 25.0 Å². The fourth-order valence-corrected chi connectivity index (χ4v) is 1.52. The van der Waals surface area contributed by atoms with Crippen molar-refractivity contribution >= 4 is 18.0 Å². The maximum Gasteiger partial charge on any atom is 0.331 e. The fraction of sp³-hybridized carbons (Fsp3) is 0.333. The number of benzene rings is 1. The van der Waals surface area contributed by atoms with Gasteiger partial charge in [-0.3, -0.25) is 4.79 Å². The van der Waals surface area contributed by atoms with Gasteiger partial charge in [-0.15, -0.1) is 0 Å². The lowest BCUT2D eigenvalue weighted by molar-refractivity contribution is -0.150. The lowest BCUT2D eigenvalue weighted by atomic mass is 10.1. The van der Waals surface area contributed by atoms with Crippen LogP contribution in [0, 0.1) is 6.92 Å². The van der Waals surface area contributed by atoms with Gasteiger partial charge in [0.05, 0.1) is 0 Å². The summed E-state index contributed by atoms with van der Waals surface area (Å²) in [7, 11) is 0. The molecule has 0 fully saturated rings. The Labute approximate surface area is 113 Å². The van der Waals surface area contributed by atoms with Crippen molar-refractivity contribution in [3.05, 3.63) is 41.5 Å². The maximum absolute atomic E-state index is 11.6. The van der Waals surface area contributed by atoms with Crippen molar-refractivity contribution in [3.63, 3.8) is 0 Å². The van der Waals surface area contributed by atoms with E-state index in [9.17, 15) is 9.59 Å². The number of rotatable bonds is 5. The molecule has 1 amide bonds. The van der Waals surface area contributed by atoms with Crippen LogP contribution in [0.3, 0.4) is 0 Å². The third-order valence-corrected chi connectivity index (χ3v) is 2.60. The average molecular weight is 261 g/mol. The molecule has 0 bridgehead atoms. The van der Waals surface area contributed by atoms with E-state index in [1.807, 2.05) is 38.1 Å². The van der Waals surface area contributed by atoms with Crippen molar-refractivity contribution in [2.24, 2.45) is 0 Å². The van der Waals surface area contributed by atoms with Gasteiger partial charge in [0.2, 0.25) is 0 Å². The number of hydrogen-bond donors (Lipinski definition) is 1. The Morgan fingerprint density at radius 1 is 1.37 bits per heavy atom. The highest BCUT2D eigenvalue weighted by atomic mass is 16.5. The summed E-state index contributed by atoms with van der Waals surface area (Å²) in [6, 6.07) is 7.70. The number of ether oxygens (including phenoxy) is 1. The maximum atomic E-state index is 11.6. The van der Waals surface area contributed by atoms with Crippen molar-refractivity contribution in [1.82, 2.24) is 5.32 Å². The van der Waals surface area contributed by atoms with E-state index in [-0.39, 0.29) is 5.91 Å². The molecule has 0 radical (unpaired) electrons. The summed E-state index contributed by atoms with van der Waals surface area (Å²) in [5.41, 5.74) is 2.02. The van der Waals surface area contributed by atoms with Gasteiger partial charge in [-0.25, -0.2) is 4.79 Å². The Hall–Kier alpha value is -2.10. The molecule has 0 saturated carbocycles. The molecule has 19 heavy (non-hydrogen) atoms. The quantitative estimate of drug-likeness (QED) is 0.652. The van der Waals surface area contributed by atoms with E-state index in [0.29, 0.717) is 6.54 Å². The van der Waals surface area contributed by atoms with Crippen LogP contribution in [0.5, 0.6) is 0 Å². The Balaban J connectivity index is 2.56. The summed E-state index contributed by atoms with van der Waals surface area (Å²) in [6.45, 7) is 5.83. The molecule has 1 aromatic rings. The van der Waals surface area contributed by atoms with E-state index in [0.717, 1.165) is 11.1 Å². The molecule has 0 unspecified atom stereocenters. The van der Waals surface area contributed by atoms with E-state index in [4.69, 9.17) is 4.74 Å². The molecule has 4 nitrogen and oxygen atoms in total. The molecule has 1 aromatic carbocycles. The van der Waals surface area contributed by atoms with Gasteiger partial charge in [0.15, 0.2) is 6.10 Å². The van der Waals surface area contributed by atoms with Gasteiger partial charge in [-0.2, -0.15) is 0 Å². The van der Waals surface area contributed by atoms with E-state index >= 15 is 0 Å². The Kier molecular flexibility index (Phi) is 5.79. The molecule has 0 aliphatic rings. The second kappa shape index (κ2) is 7.36. The minimum atomic E-state index is -0.783. The largest absolute Gasteiger partial charge is 0.449 e. The summed E-state index contributed by atoms with van der Waals surface area (Å²) in [5.74, 6) is -0.817. The Morgan fingerprint density at radius 3 is 2.68 bits per heavy atom. The van der Waals surface area contributed by atoms with Crippen LogP contribution < -0.4 is 5.32 Å². The standard InChI is InChI=1S/C15H19NO3/c1-4-16-15(18)12(3)19-14(17)10-9-13-8-6-5-7-11(13)2/h5-10,12H,4H2,1-3H3,(H,16,18)/b10-9+/t12-/m1/s1. The lowest BCUT2D eigenvalue weighted by Crippen LogP contribution is -2.35. The molecule has 1 atom stereocenters. The first kappa shape index (κ1) is 15.0. The van der Waals surface area contributed by atoms with Crippen LogP contribution >= 0.6 is 0 Å². The molecule has 0 spiro atoms. The first-order chi connectivity index (χ1) is 9.04. The summed E-state index contributed by atoms with van der Waals surface area (Å²) >= 11 is 0. The van der Waals surface area contributed by atoms with E-state index in [1.54, 1.807) is 13.0 Å². The minimum Gasteiger partial charge on any atom is -0.449 e. The van der Waals surface area contributed by atoms with Crippen LogP contribution in [-0.4, -0.2) is 24.5 Å². The van der Waals surface area contributed by atoms with Crippen LogP contribution in [-0.2, 0) is 14.3 Å². The summed E-state index contributed by atoms with van der Waals surface area (Å²) in [6.07, 6.45) is 2.23. The fourth-order valence-electron chi connectivity index (χ4n) is 1.52. The zero-order chi connectivity index (χ0) is 14.3. The Bertz CT molecular complexity index is 480. The third kappa shape index (κ3) is 4.95. The molecular formula is C15H19NO3. The zero-order valence-corrected chi connectivity index (χ0v) is 11.5. The molecule has 0 heterocycles. The highest BCUT2D eigenvalue weighted by Crippen LogP contribution is 2.09. The number of nitrogens with one attached hydrogen (secondary N) is 1. The molecule has 0 aromatic heterocycles. The van der Waals surface area contributed by atoms with Crippen molar-refractivity contribution in [2.45, 2.75) is 26.9 Å². The van der Waals surface area contributed by atoms with Gasteiger partial charge < -0.3 is 10.1 Å². The van der Waals surface area contributed by atoms with Crippen LogP contribution in [0.2, 0.25) is 0 Å². The topological polar surface area (TPSA) is 55.4 Å². The highest BCUT2D eigenvalue weighted by molar-refractivity contribution is 5.90. The molecule has 102 valence electrons. The summed E-state index contributed by atoms with van der Waals surface area (Å²) < 4.78 is 4.99. The van der Waals surface area contributed by atoms with Crippen molar-refractivity contribution in [2.75, 3.05) is 6.54 Å². The molecule has 0 aliphatic heterocycles. The number of amides is 1. The molecule has 1 rings (SSSR count). The van der Waals surface area contributed by atoms with Gasteiger partial charge in [-0.05, 0) is 38.0 Å². The molecular weight excluding hydrogens is 242 g/mol. The highest BCUT2D eigenvalue weighted by Gasteiger charge is 2.14. The number of hydrogen-bond acceptors (Lipinski definition) is 3. The number of esters is 1. The molecule has 1 N–H and O–H groups in total. The predicted molar refractivity (Wildman–Crippen MR) is 74.5 cm³/mol. The van der Waals surface area contributed by atoms with Gasteiger partial charge in [0.25, 0.3) is 5.91 Å². The number of carbonyl (C=O) groups is 2. The van der Waals surface area contributed by atoms with Crippen molar-refractivity contribution < 1.29 is 14.3 Å². The van der Waals surface area contributed by atoms with Crippen LogP contribution in [0.4, 0.5) is 0 Å². The third-order valence-electron chi connectivity index (χ3n) is 2.60. The van der Waals surface area contributed by atoms with Gasteiger partial charge in [-0.1, -0.05) is 24.3 Å². The Morgan fingerprint density at radius 2 is 2.05 bits per heavy atom. The molecule has 4 heteroatoms. The van der Waals surface area contributed by atoms with Crippen LogP contribution in [0.25, 0.3) is 6.08 Å². The smallest absolute Gasteiger partial charge is 0.331 e. The normalized spacial score (nSPS) is 12.2. The number of aryl methyl sites for hydroxylation is 1. The minimum absolute atomic E-state index is 0.292. The first-order valence-corrected chi connectivity index (χ1v) is 6.26. The second-order valence-corrected chi connectivity index (χ2v) is 4.16. The second-order valence-electron chi connectivity index (χ2n) is 4.16. The first-order valence-electron chi connectivity index (χ1n) is 6.26. The zero-order valence-electron chi connectivity index (χ0n) is 11.5. The SMILES string of the molecule is CCNC(=O)[C@@H](C)OC(=O)/C=C/c1ccccc1C. The van der Waals surface area contributed by atoms with E-state index in [1.165, 1.54) is 6.08 Å². The average Bonchev–Trinajstić information content (AvgIpc) is 2.38. The van der Waals surface area contributed by atoms with E-state index < -0.39 is 12.1 Å². The van der Waals surface area contributed by atoms with Gasteiger partial charge in [0, 0.05) is 12.6 Å². The van der Waals surface area contributed by atoms with Gasteiger partial charge in [0.1, 0.15) is 0 Å². The molecule has 0 saturated heterocycles. The lowest BCUT2D eigenvalue weighted by Gasteiger charge is -2.10. The van der Waals surface area contributed by atoms with Crippen molar-refractivity contribution in [3.8, 4) is 0 Å². The van der Waals surface area contributed by atoms with Crippen LogP contribution in [0.15, 0.2) is 30.3 Å². The van der Waals surface area contributed by atoms with Crippen molar-refractivity contribution in [1.29, 1.82) is 0 Å². The summed E-state index contributed by atoms with van der Waals surface area (Å²) in [5, 5.41) is 2.59. The predicted octanol–water partition coefficient (Wildman–Crippen LogP) is 2.08. The number of likely N-dealkylation sites (N-methyl/N-ethyl adjacent to an activating group) is 1. The van der Waals surface area contributed by atoms with E-state index in [2.05, 4.69) is 5.32 Å². The number of carbonyl (C=O) groups excluding carboxylic acids is 2. The van der Waals surface area contributed by atoms with Gasteiger partial charge >= 0.3 is 5.97 Å². The monoisotopic (exact) mass is 261 g/mol. The summed E-state index contributed by atoms with van der Waals surface area (Å²) in [4.78, 5) is 23.0. The molecule has 0 aliphatic carbocycles.